The van der Waals surface area contributed by atoms with Crippen LogP contribution in [0.3, 0.4) is 0 Å². The number of nitrogens with one attached hydrogen (secondary N) is 1. The summed E-state index contributed by atoms with van der Waals surface area (Å²) in [5, 5.41) is 6.46. The van der Waals surface area contributed by atoms with Crippen molar-refractivity contribution >= 4 is 5.97 Å². The standard InChI is InChI=1S/C8H10N2O3/c1-2-12-8(11)6-5-3-4-13-7(5)10-9-6/h2-4H2,1H3,(H,9,10). The number of hydrogen-bond acceptors (Lipinski definition) is 4. The van der Waals surface area contributed by atoms with E-state index in [1.807, 2.05) is 0 Å². The highest BCUT2D eigenvalue weighted by Gasteiger charge is 2.24. The Morgan fingerprint density at radius 3 is 3.38 bits per heavy atom. The van der Waals surface area contributed by atoms with Gasteiger partial charge in [-0.15, -0.1) is 5.10 Å². The second kappa shape index (κ2) is 3.08. The van der Waals surface area contributed by atoms with E-state index in [1.54, 1.807) is 6.92 Å². The molecule has 0 saturated carbocycles. The van der Waals surface area contributed by atoms with Crippen molar-refractivity contribution in [1.82, 2.24) is 10.2 Å². The molecule has 1 aromatic heterocycles. The molecule has 0 aliphatic carbocycles. The maximum Gasteiger partial charge on any atom is 0.356 e. The molecule has 1 aliphatic rings. The summed E-state index contributed by atoms with van der Waals surface area (Å²) in [4.78, 5) is 11.3. The van der Waals surface area contributed by atoms with Crippen LogP contribution in [-0.4, -0.2) is 29.4 Å². The number of aromatic nitrogens is 2. The molecule has 2 rings (SSSR count). The van der Waals surface area contributed by atoms with Gasteiger partial charge in [0.15, 0.2) is 5.69 Å². The summed E-state index contributed by atoms with van der Waals surface area (Å²) in [5.74, 6) is 0.171. The fourth-order valence-corrected chi connectivity index (χ4v) is 1.32. The van der Waals surface area contributed by atoms with Crippen molar-refractivity contribution in [1.29, 1.82) is 0 Å². The lowest BCUT2D eigenvalue weighted by molar-refractivity contribution is 0.0518. The van der Waals surface area contributed by atoms with Gasteiger partial charge in [0.05, 0.1) is 18.8 Å². The van der Waals surface area contributed by atoms with Crippen molar-refractivity contribution in [2.75, 3.05) is 13.2 Å². The first-order valence-electron chi connectivity index (χ1n) is 4.20. The number of nitrogens with zero attached hydrogens (tertiary/aromatic N) is 1. The van der Waals surface area contributed by atoms with Gasteiger partial charge < -0.3 is 9.47 Å². The van der Waals surface area contributed by atoms with E-state index in [9.17, 15) is 4.79 Å². The summed E-state index contributed by atoms with van der Waals surface area (Å²) >= 11 is 0. The third-order valence-electron chi connectivity index (χ3n) is 1.90. The molecule has 0 atom stereocenters. The van der Waals surface area contributed by atoms with Gasteiger partial charge in [0.25, 0.3) is 0 Å². The van der Waals surface area contributed by atoms with Gasteiger partial charge in [-0.2, -0.15) is 0 Å². The number of rotatable bonds is 2. The number of carbonyl (C=O) groups excluding carboxylic acids is 1. The second-order valence-corrected chi connectivity index (χ2v) is 2.70. The largest absolute Gasteiger partial charge is 0.476 e. The van der Waals surface area contributed by atoms with Crippen LogP contribution in [-0.2, 0) is 11.2 Å². The molecule has 1 N–H and O–H groups in total. The molecule has 0 bridgehead atoms. The number of hydrogen-bond donors (Lipinski definition) is 1. The van der Waals surface area contributed by atoms with Gasteiger partial charge in [0.2, 0.25) is 5.88 Å². The zero-order valence-corrected chi connectivity index (χ0v) is 7.29. The van der Waals surface area contributed by atoms with Gasteiger partial charge in [0, 0.05) is 6.42 Å². The fourth-order valence-electron chi connectivity index (χ4n) is 1.32. The molecule has 5 nitrogen and oxygen atoms in total. The molecular weight excluding hydrogens is 172 g/mol. The highest BCUT2D eigenvalue weighted by atomic mass is 16.5. The summed E-state index contributed by atoms with van der Waals surface area (Å²) in [6.45, 7) is 2.73. The van der Waals surface area contributed by atoms with E-state index in [1.165, 1.54) is 0 Å². The lowest BCUT2D eigenvalue weighted by atomic mass is 10.2. The van der Waals surface area contributed by atoms with E-state index in [2.05, 4.69) is 10.2 Å². The third kappa shape index (κ3) is 1.26. The van der Waals surface area contributed by atoms with Gasteiger partial charge in [-0.25, -0.2) is 4.79 Å². The maximum absolute atomic E-state index is 11.3. The SMILES string of the molecule is CCOC(=O)c1[nH]nc2c1CCO2. The van der Waals surface area contributed by atoms with Crippen molar-refractivity contribution in [2.45, 2.75) is 13.3 Å². The van der Waals surface area contributed by atoms with E-state index in [4.69, 9.17) is 9.47 Å². The zero-order valence-electron chi connectivity index (χ0n) is 7.29. The Kier molecular flexibility index (Phi) is 1.92. The number of H-pyrrole nitrogens is 1. The highest BCUT2D eigenvalue weighted by molar-refractivity contribution is 5.89. The van der Waals surface area contributed by atoms with Crippen LogP contribution in [0.4, 0.5) is 0 Å². The Bertz CT molecular complexity index is 332. The van der Waals surface area contributed by atoms with Crippen LogP contribution in [0.15, 0.2) is 0 Å². The van der Waals surface area contributed by atoms with E-state index >= 15 is 0 Å². The van der Waals surface area contributed by atoms with Crippen molar-refractivity contribution in [3.8, 4) is 5.88 Å². The normalized spacial score (nSPS) is 13.6. The minimum Gasteiger partial charge on any atom is -0.476 e. The monoisotopic (exact) mass is 182 g/mol. The highest BCUT2D eigenvalue weighted by Crippen LogP contribution is 2.25. The van der Waals surface area contributed by atoms with Crippen LogP contribution in [0.25, 0.3) is 0 Å². The Balaban J connectivity index is 2.26. The lowest BCUT2D eigenvalue weighted by Gasteiger charge is -1.98. The first kappa shape index (κ1) is 8.10. The van der Waals surface area contributed by atoms with Gasteiger partial charge in [0.1, 0.15) is 0 Å². The topological polar surface area (TPSA) is 64.2 Å². The molecule has 70 valence electrons. The predicted octanol–water partition coefficient (Wildman–Crippen LogP) is 0.521. The average molecular weight is 182 g/mol. The number of esters is 1. The lowest BCUT2D eigenvalue weighted by Crippen LogP contribution is -2.07. The van der Waals surface area contributed by atoms with Gasteiger partial charge >= 0.3 is 5.97 Å². The Labute approximate surface area is 75.0 Å². The second-order valence-electron chi connectivity index (χ2n) is 2.70. The Morgan fingerprint density at radius 2 is 2.62 bits per heavy atom. The number of aromatic amines is 1. The Hall–Kier alpha value is -1.52. The maximum atomic E-state index is 11.3. The third-order valence-corrected chi connectivity index (χ3v) is 1.90. The van der Waals surface area contributed by atoms with Crippen LogP contribution in [0.1, 0.15) is 23.0 Å². The molecule has 0 unspecified atom stereocenters. The first-order chi connectivity index (χ1) is 6.33. The average Bonchev–Trinajstić information content (AvgIpc) is 2.62. The smallest absolute Gasteiger partial charge is 0.356 e. The number of carbonyl (C=O) groups is 1. The molecule has 0 radical (unpaired) electrons. The van der Waals surface area contributed by atoms with Crippen LogP contribution in [0.5, 0.6) is 5.88 Å². The number of fused-ring (bicyclic) bond motifs is 1. The molecular formula is C8H10N2O3. The molecule has 0 aromatic carbocycles. The van der Waals surface area contributed by atoms with Crippen LogP contribution >= 0.6 is 0 Å². The zero-order chi connectivity index (χ0) is 9.26. The summed E-state index contributed by atoms with van der Waals surface area (Å²) in [5.41, 5.74) is 1.26. The molecule has 2 heterocycles. The first-order valence-corrected chi connectivity index (χ1v) is 4.20. The number of ether oxygens (including phenoxy) is 2. The van der Waals surface area contributed by atoms with Crippen molar-refractivity contribution in [2.24, 2.45) is 0 Å². The molecule has 5 heteroatoms. The van der Waals surface area contributed by atoms with Crippen molar-refractivity contribution in [3.63, 3.8) is 0 Å². The van der Waals surface area contributed by atoms with Crippen LogP contribution < -0.4 is 4.74 Å². The van der Waals surface area contributed by atoms with Gasteiger partial charge in [-0.1, -0.05) is 0 Å². The molecule has 1 aliphatic heterocycles. The van der Waals surface area contributed by atoms with Crippen LogP contribution in [0, 0.1) is 0 Å². The molecule has 0 saturated heterocycles. The van der Waals surface area contributed by atoms with E-state index in [0.717, 1.165) is 12.0 Å². The van der Waals surface area contributed by atoms with E-state index < -0.39 is 0 Å². The summed E-state index contributed by atoms with van der Waals surface area (Å²) in [6.07, 6.45) is 0.722. The van der Waals surface area contributed by atoms with Crippen LogP contribution in [0.2, 0.25) is 0 Å². The summed E-state index contributed by atoms with van der Waals surface area (Å²) < 4.78 is 10.0. The quantitative estimate of drug-likeness (QED) is 0.677. The molecule has 0 amide bonds. The van der Waals surface area contributed by atoms with Gasteiger partial charge in [-0.05, 0) is 6.92 Å². The minimum absolute atomic E-state index is 0.359. The van der Waals surface area contributed by atoms with Gasteiger partial charge in [-0.3, -0.25) is 5.10 Å². The molecule has 1 aromatic rings. The molecule has 0 spiro atoms. The Morgan fingerprint density at radius 1 is 1.77 bits per heavy atom. The molecule has 13 heavy (non-hydrogen) atoms. The molecule has 0 fully saturated rings. The summed E-state index contributed by atoms with van der Waals surface area (Å²) in [6, 6.07) is 0. The summed E-state index contributed by atoms with van der Waals surface area (Å²) in [7, 11) is 0. The van der Waals surface area contributed by atoms with E-state index in [-0.39, 0.29) is 5.97 Å². The van der Waals surface area contributed by atoms with E-state index in [0.29, 0.717) is 24.8 Å². The predicted molar refractivity (Wildman–Crippen MR) is 43.7 cm³/mol. The van der Waals surface area contributed by atoms with Crippen molar-refractivity contribution in [3.05, 3.63) is 11.3 Å². The minimum atomic E-state index is -0.359. The fraction of sp³-hybridized carbons (Fsp3) is 0.500. The van der Waals surface area contributed by atoms with Crippen molar-refractivity contribution < 1.29 is 14.3 Å².